The second-order valence-electron chi connectivity index (χ2n) is 3.15. The minimum Gasteiger partial charge on any atom is -0.378 e. The minimum atomic E-state index is -0.560. The molecule has 0 aromatic heterocycles. The lowest BCUT2D eigenvalue weighted by Gasteiger charge is -2.30. The third-order valence-electron chi connectivity index (χ3n) is 2.26. The third-order valence-corrected chi connectivity index (χ3v) is 2.46. The van der Waals surface area contributed by atoms with Crippen LogP contribution < -0.4 is 10.6 Å². The molecule has 1 atom stereocenters. The van der Waals surface area contributed by atoms with Crippen LogP contribution in [0.4, 0.5) is 0 Å². The zero-order valence-corrected chi connectivity index (χ0v) is 7.37. The van der Waals surface area contributed by atoms with E-state index in [1.807, 2.05) is 0 Å². The molecule has 0 bridgehead atoms. The fourth-order valence-corrected chi connectivity index (χ4v) is 1.89. The van der Waals surface area contributed by atoms with Gasteiger partial charge < -0.3 is 15.4 Å². The normalized spacial score (nSPS) is 35.0. The van der Waals surface area contributed by atoms with Crippen molar-refractivity contribution in [3.05, 3.63) is 0 Å². The molecule has 2 heterocycles. The highest BCUT2D eigenvalue weighted by molar-refractivity contribution is 7.80. The molecule has 4 nitrogen and oxygen atoms in total. The molecule has 1 unspecified atom stereocenters. The first kappa shape index (κ1) is 7.94. The molecule has 0 aromatic carbocycles. The van der Waals surface area contributed by atoms with Gasteiger partial charge in [-0.2, -0.15) is 0 Å². The molecular formula is C7H10N2O2S. The van der Waals surface area contributed by atoms with E-state index in [0.29, 0.717) is 11.7 Å². The number of carbonyl (C=O) groups is 1. The lowest BCUT2D eigenvalue weighted by atomic mass is 9.93. The van der Waals surface area contributed by atoms with E-state index in [9.17, 15) is 4.79 Å². The van der Waals surface area contributed by atoms with Gasteiger partial charge in [0, 0.05) is 6.61 Å². The molecule has 2 aliphatic heterocycles. The minimum absolute atomic E-state index is 0.0489. The summed E-state index contributed by atoms with van der Waals surface area (Å²) in [5.41, 5.74) is -0.560. The van der Waals surface area contributed by atoms with Crippen LogP contribution in [0.3, 0.4) is 0 Å². The van der Waals surface area contributed by atoms with Crippen LogP contribution in [-0.2, 0) is 9.53 Å². The van der Waals surface area contributed by atoms with E-state index in [1.54, 1.807) is 0 Å². The molecule has 0 aromatic rings. The van der Waals surface area contributed by atoms with Gasteiger partial charge in [-0.3, -0.25) is 4.79 Å². The summed E-state index contributed by atoms with van der Waals surface area (Å²) in [7, 11) is 0. The van der Waals surface area contributed by atoms with Crippen LogP contribution in [0.2, 0.25) is 0 Å². The van der Waals surface area contributed by atoms with Gasteiger partial charge in [0.15, 0.2) is 5.11 Å². The average Bonchev–Trinajstić information content (AvgIpc) is 2.29. The number of hydrogen-bond acceptors (Lipinski definition) is 3. The van der Waals surface area contributed by atoms with Gasteiger partial charge in [0.1, 0.15) is 5.54 Å². The molecule has 0 radical (unpaired) electrons. The summed E-state index contributed by atoms with van der Waals surface area (Å²) in [6.07, 6.45) is 1.71. The Bertz CT molecular complexity index is 236. The maximum absolute atomic E-state index is 11.4. The summed E-state index contributed by atoms with van der Waals surface area (Å²) in [5.74, 6) is -0.0489. The molecule has 66 valence electrons. The number of carbonyl (C=O) groups excluding carboxylic acids is 1. The number of nitrogens with one attached hydrogen (secondary N) is 2. The van der Waals surface area contributed by atoms with Gasteiger partial charge in [-0.15, -0.1) is 0 Å². The number of amides is 1. The van der Waals surface area contributed by atoms with Crippen molar-refractivity contribution in [3.8, 4) is 0 Å². The SMILES string of the molecule is O=C1NC(=S)NC12CCCOC2. The van der Waals surface area contributed by atoms with Gasteiger partial charge in [-0.05, 0) is 25.1 Å². The highest BCUT2D eigenvalue weighted by atomic mass is 32.1. The summed E-state index contributed by atoms with van der Waals surface area (Å²) in [5, 5.41) is 5.97. The maximum Gasteiger partial charge on any atom is 0.254 e. The summed E-state index contributed by atoms with van der Waals surface area (Å²) in [6.45, 7) is 1.17. The van der Waals surface area contributed by atoms with Gasteiger partial charge >= 0.3 is 0 Å². The van der Waals surface area contributed by atoms with Crippen LogP contribution in [0, 0.1) is 0 Å². The maximum atomic E-state index is 11.4. The van der Waals surface area contributed by atoms with Crippen LogP contribution >= 0.6 is 12.2 Å². The quantitative estimate of drug-likeness (QED) is 0.503. The average molecular weight is 186 g/mol. The molecule has 5 heteroatoms. The van der Waals surface area contributed by atoms with Crippen molar-refractivity contribution in [2.24, 2.45) is 0 Å². The second kappa shape index (κ2) is 2.67. The van der Waals surface area contributed by atoms with Crippen molar-refractivity contribution in [3.63, 3.8) is 0 Å². The molecule has 2 saturated heterocycles. The molecular weight excluding hydrogens is 176 g/mol. The molecule has 2 N–H and O–H groups in total. The Labute approximate surface area is 75.7 Å². The van der Waals surface area contributed by atoms with Crippen LogP contribution in [0.1, 0.15) is 12.8 Å². The Morgan fingerprint density at radius 3 is 2.92 bits per heavy atom. The first-order valence-electron chi connectivity index (χ1n) is 3.94. The number of thiocarbonyl (C=S) groups is 1. The Morgan fingerprint density at radius 2 is 2.42 bits per heavy atom. The Morgan fingerprint density at radius 1 is 1.58 bits per heavy atom. The van der Waals surface area contributed by atoms with E-state index < -0.39 is 5.54 Å². The van der Waals surface area contributed by atoms with Crippen LogP contribution in [0.15, 0.2) is 0 Å². The van der Waals surface area contributed by atoms with Crippen molar-refractivity contribution in [2.45, 2.75) is 18.4 Å². The number of rotatable bonds is 0. The zero-order valence-electron chi connectivity index (χ0n) is 6.55. The molecule has 2 rings (SSSR count). The van der Waals surface area contributed by atoms with Crippen LogP contribution in [0.25, 0.3) is 0 Å². The van der Waals surface area contributed by atoms with E-state index in [2.05, 4.69) is 10.6 Å². The molecule has 12 heavy (non-hydrogen) atoms. The lowest BCUT2D eigenvalue weighted by Crippen LogP contribution is -2.53. The number of hydrogen-bond donors (Lipinski definition) is 2. The second-order valence-corrected chi connectivity index (χ2v) is 3.55. The van der Waals surface area contributed by atoms with Crippen molar-refractivity contribution in [2.75, 3.05) is 13.2 Å². The van der Waals surface area contributed by atoms with Crippen molar-refractivity contribution in [1.82, 2.24) is 10.6 Å². The summed E-state index contributed by atoms with van der Waals surface area (Å²) in [4.78, 5) is 11.4. The van der Waals surface area contributed by atoms with Gasteiger partial charge in [0.05, 0.1) is 6.61 Å². The fourth-order valence-electron chi connectivity index (χ4n) is 1.60. The van der Waals surface area contributed by atoms with E-state index in [4.69, 9.17) is 17.0 Å². The fraction of sp³-hybridized carbons (Fsp3) is 0.714. The third kappa shape index (κ3) is 1.09. The first-order valence-corrected chi connectivity index (χ1v) is 4.35. The molecule has 1 spiro atoms. The predicted molar refractivity (Wildman–Crippen MR) is 46.7 cm³/mol. The van der Waals surface area contributed by atoms with Gasteiger partial charge in [-0.1, -0.05) is 0 Å². The zero-order chi connectivity index (χ0) is 8.60. The van der Waals surface area contributed by atoms with Crippen LogP contribution in [-0.4, -0.2) is 29.8 Å². The highest BCUT2D eigenvalue weighted by Crippen LogP contribution is 2.22. The van der Waals surface area contributed by atoms with Gasteiger partial charge in [0.25, 0.3) is 5.91 Å². The first-order chi connectivity index (χ1) is 5.73. The smallest absolute Gasteiger partial charge is 0.254 e. The number of ether oxygens (including phenoxy) is 1. The monoisotopic (exact) mass is 186 g/mol. The molecule has 0 saturated carbocycles. The molecule has 1 amide bonds. The summed E-state index contributed by atoms with van der Waals surface area (Å²) < 4.78 is 5.24. The van der Waals surface area contributed by atoms with E-state index in [-0.39, 0.29) is 5.91 Å². The summed E-state index contributed by atoms with van der Waals surface area (Å²) in [6, 6.07) is 0. The Hall–Kier alpha value is -0.680. The van der Waals surface area contributed by atoms with Gasteiger partial charge in [0.2, 0.25) is 0 Å². The Balaban J connectivity index is 2.18. The van der Waals surface area contributed by atoms with E-state index >= 15 is 0 Å². The standard InChI is InChI=1S/C7H10N2O2S/c10-5-7(9-6(12)8-5)2-1-3-11-4-7/h1-4H2,(H2,8,9,10,12). The van der Waals surface area contributed by atoms with Crippen LogP contribution in [0.5, 0.6) is 0 Å². The molecule has 0 aliphatic carbocycles. The van der Waals surface area contributed by atoms with E-state index in [1.165, 1.54) is 0 Å². The van der Waals surface area contributed by atoms with Crippen molar-refractivity contribution in [1.29, 1.82) is 0 Å². The molecule has 2 aliphatic rings. The topological polar surface area (TPSA) is 50.4 Å². The molecule has 2 fully saturated rings. The lowest BCUT2D eigenvalue weighted by molar-refractivity contribution is -0.128. The van der Waals surface area contributed by atoms with Crippen molar-refractivity contribution < 1.29 is 9.53 Å². The highest BCUT2D eigenvalue weighted by Gasteiger charge is 2.45. The Kier molecular flexibility index (Phi) is 1.77. The van der Waals surface area contributed by atoms with Gasteiger partial charge in [-0.25, -0.2) is 0 Å². The predicted octanol–water partition coefficient (Wildman–Crippen LogP) is -0.460. The van der Waals surface area contributed by atoms with Crippen molar-refractivity contribution >= 4 is 23.2 Å². The largest absolute Gasteiger partial charge is 0.378 e. The van der Waals surface area contributed by atoms with E-state index in [0.717, 1.165) is 19.4 Å². The summed E-state index contributed by atoms with van der Waals surface area (Å²) >= 11 is 4.85.